The number of likely N-dealkylation sites (tertiary alicyclic amines) is 1. The Morgan fingerprint density at radius 1 is 1.28 bits per heavy atom. The van der Waals surface area contributed by atoms with Gasteiger partial charge in [-0.25, -0.2) is 9.48 Å². The van der Waals surface area contributed by atoms with Crippen LogP contribution in [0.15, 0.2) is 30.5 Å². The quantitative estimate of drug-likeness (QED) is 0.752. The summed E-state index contributed by atoms with van der Waals surface area (Å²) in [4.78, 5) is 28.0. The summed E-state index contributed by atoms with van der Waals surface area (Å²) in [6, 6.07) is 5.95. The van der Waals surface area contributed by atoms with Crippen LogP contribution < -0.4 is 0 Å². The van der Waals surface area contributed by atoms with E-state index in [9.17, 15) is 9.59 Å². The Morgan fingerprint density at radius 2 is 2.00 bits per heavy atom. The maximum atomic E-state index is 13.2. The third-order valence-corrected chi connectivity index (χ3v) is 5.25. The minimum absolute atomic E-state index is 0.0295. The van der Waals surface area contributed by atoms with Gasteiger partial charge in [-0.15, -0.1) is 5.10 Å². The van der Waals surface area contributed by atoms with Gasteiger partial charge in [-0.05, 0) is 57.6 Å². The number of carbonyl (C=O) groups is 2. The molecular formula is C20H27N5O4. The van der Waals surface area contributed by atoms with E-state index >= 15 is 0 Å². The summed E-state index contributed by atoms with van der Waals surface area (Å²) in [7, 11) is 5.34. The zero-order valence-corrected chi connectivity index (χ0v) is 17.0. The number of ether oxygens (including phenoxy) is 1. The average Bonchev–Trinajstić information content (AvgIpc) is 3.21. The first-order valence-electron chi connectivity index (χ1n) is 9.64. The molecule has 29 heavy (non-hydrogen) atoms. The van der Waals surface area contributed by atoms with E-state index in [1.807, 2.05) is 30.1 Å². The van der Waals surface area contributed by atoms with Gasteiger partial charge in [0.25, 0.3) is 0 Å². The first kappa shape index (κ1) is 20.9. The van der Waals surface area contributed by atoms with Crippen LogP contribution in [-0.2, 0) is 9.53 Å². The number of amides is 1. The Labute approximate surface area is 169 Å². The molecule has 1 fully saturated rings. The number of benzene rings is 1. The third-order valence-electron chi connectivity index (χ3n) is 5.25. The summed E-state index contributed by atoms with van der Waals surface area (Å²) < 4.78 is 6.85. The second-order valence-electron chi connectivity index (χ2n) is 7.42. The molecule has 0 spiro atoms. The van der Waals surface area contributed by atoms with Crippen molar-refractivity contribution in [3.63, 3.8) is 0 Å². The number of aromatic nitrogens is 3. The molecule has 1 aliphatic heterocycles. The lowest BCUT2D eigenvalue weighted by molar-refractivity contribution is -0.142. The molecule has 3 rings (SSSR count). The van der Waals surface area contributed by atoms with E-state index in [-0.39, 0.29) is 23.6 Å². The zero-order valence-electron chi connectivity index (χ0n) is 17.0. The van der Waals surface area contributed by atoms with Crippen LogP contribution >= 0.6 is 0 Å². The molecule has 156 valence electrons. The molecule has 9 nitrogen and oxygen atoms in total. The standard InChI is InChI=1S/C20H27N5O4/c1-23(2)18(13-29-3)19(26)24-11-5-4-6-17(24)16-12-25(22-21-16)15-9-7-14(8-10-15)20(27)28/h7-10,12,17-18H,4-6,11,13H2,1-3H3,(H,27,28). The number of carbonyl (C=O) groups excluding carboxylic acids is 1. The molecule has 1 aromatic heterocycles. The van der Waals surface area contributed by atoms with Crippen LogP contribution in [0, 0.1) is 0 Å². The Kier molecular flexibility index (Phi) is 6.60. The lowest BCUT2D eigenvalue weighted by Gasteiger charge is -2.38. The third kappa shape index (κ3) is 4.63. The molecule has 1 saturated heterocycles. The topological polar surface area (TPSA) is 101 Å². The van der Waals surface area contributed by atoms with E-state index in [0.29, 0.717) is 18.8 Å². The number of hydrogen-bond donors (Lipinski definition) is 1. The largest absolute Gasteiger partial charge is 0.478 e. The van der Waals surface area contributed by atoms with Gasteiger partial charge in [0.15, 0.2) is 0 Å². The molecule has 1 amide bonds. The highest BCUT2D eigenvalue weighted by molar-refractivity contribution is 5.87. The normalized spacial score (nSPS) is 18.1. The van der Waals surface area contributed by atoms with Crippen LogP contribution in [0.1, 0.15) is 41.4 Å². The monoisotopic (exact) mass is 401 g/mol. The number of piperidine rings is 1. The maximum absolute atomic E-state index is 13.2. The fourth-order valence-electron chi connectivity index (χ4n) is 3.61. The molecule has 1 aromatic carbocycles. The molecule has 1 N–H and O–H groups in total. The van der Waals surface area contributed by atoms with Gasteiger partial charge in [-0.2, -0.15) is 0 Å². The number of nitrogens with zero attached hydrogens (tertiary/aromatic N) is 5. The second kappa shape index (κ2) is 9.15. The van der Waals surface area contributed by atoms with Crippen molar-refractivity contribution < 1.29 is 19.4 Å². The van der Waals surface area contributed by atoms with Crippen LogP contribution in [0.2, 0.25) is 0 Å². The highest BCUT2D eigenvalue weighted by Gasteiger charge is 2.34. The summed E-state index contributed by atoms with van der Waals surface area (Å²) >= 11 is 0. The van der Waals surface area contributed by atoms with Gasteiger partial charge in [-0.3, -0.25) is 9.69 Å². The SMILES string of the molecule is COCC(C(=O)N1CCCCC1c1cn(-c2ccc(C(=O)O)cc2)nn1)N(C)C. The Hall–Kier alpha value is -2.78. The van der Waals surface area contributed by atoms with Crippen LogP contribution in [-0.4, -0.2) is 82.2 Å². The number of carboxylic acid groups (broad SMARTS) is 1. The van der Waals surface area contributed by atoms with E-state index in [1.165, 1.54) is 12.1 Å². The smallest absolute Gasteiger partial charge is 0.335 e. The lowest BCUT2D eigenvalue weighted by atomic mass is 9.98. The molecule has 0 saturated carbocycles. The summed E-state index contributed by atoms with van der Waals surface area (Å²) in [5.41, 5.74) is 1.66. The van der Waals surface area contributed by atoms with Crippen molar-refractivity contribution in [3.8, 4) is 5.69 Å². The molecule has 0 aliphatic carbocycles. The van der Waals surface area contributed by atoms with Crippen molar-refractivity contribution >= 4 is 11.9 Å². The van der Waals surface area contributed by atoms with Crippen LogP contribution in [0.5, 0.6) is 0 Å². The predicted octanol–water partition coefficient (Wildman–Crippen LogP) is 1.60. The fraction of sp³-hybridized carbons (Fsp3) is 0.500. The number of methoxy groups -OCH3 is 1. The van der Waals surface area contributed by atoms with Gasteiger partial charge in [0.2, 0.25) is 5.91 Å². The number of carboxylic acids is 1. The summed E-state index contributed by atoms with van der Waals surface area (Å²) in [5, 5.41) is 17.5. The van der Waals surface area contributed by atoms with Gasteiger partial charge < -0.3 is 14.7 Å². The Bertz CT molecular complexity index is 849. The number of likely N-dealkylation sites (N-methyl/N-ethyl adjacent to an activating group) is 1. The minimum Gasteiger partial charge on any atom is -0.478 e. The molecule has 9 heteroatoms. The van der Waals surface area contributed by atoms with Crippen molar-refractivity contribution in [1.29, 1.82) is 0 Å². The van der Waals surface area contributed by atoms with Crippen LogP contribution in [0.3, 0.4) is 0 Å². The zero-order chi connectivity index (χ0) is 21.0. The van der Waals surface area contributed by atoms with Gasteiger partial charge in [0, 0.05) is 13.7 Å². The van der Waals surface area contributed by atoms with E-state index in [0.717, 1.165) is 25.0 Å². The van der Waals surface area contributed by atoms with Crippen molar-refractivity contribution in [1.82, 2.24) is 24.8 Å². The predicted molar refractivity (Wildman–Crippen MR) is 106 cm³/mol. The number of rotatable bonds is 7. The fourth-order valence-corrected chi connectivity index (χ4v) is 3.61. The lowest BCUT2D eigenvalue weighted by Crippen LogP contribution is -2.50. The first-order chi connectivity index (χ1) is 13.9. The van der Waals surface area contributed by atoms with Gasteiger partial charge in [0.1, 0.15) is 11.7 Å². The number of hydrogen-bond acceptors (Lipinski definition) is 6. The maximum Gasteiger partial charge on any atom is 0.335 e. The van der Waals surface area contributed by atoms with E-state index in [4.69, 9.17) is 9.84 Å². The van der Waals surface area contributed by atoms with Crippen molar-refractivity contribution in [2.45, 2.75) is 31.3 Å². The molecule has 2 heterocycles. The summed E-state index contributed by atoms with van der Waals surface area (Å²) in [6.45, 7) is 1.01. The van der Waals surface area contributed by atoms with Crippen molar-refractivity contribution in [2.24, 2.45) is 0 Å². The molecular weight excluding hydrogens is 374 g/mol. The van der Waals surface area contributed by atoms with Gasteiger partial charge >= 0.3 is 5.97 Å². The molecule has 2 aromatic rings. The van der Waals surface area contributed by atoms with Crippen molar-refractivity contribution in [2.75, 3.05) is 34.4 Å². The van der Waals surface area contributed by atoms with E-state index < -0.39 is 5.97 Å². The summed E-state index contributed by atoms with van der Waals surface area (Å²) in [6.07, 6.45) is 4.62. The van der Waals surface area contributed by atoms with E-state index in [1.54, 1.807) is 23.9 Å². The van der Waals surface area contributed by atoms with Crippen LogP contribution in [0.4, 0.5) is 0 Å². The second-order valence-corrected chi connectivity index (χ2v) is 7.42. The highest BCUT2D eigenvalue weighted by atomic mass is 16.5. The van der Waals surface area contributed by atoms with Crippen molar-refractivity contribution in [3.05, 3.63) is 41.7 Å². The van der Waals surface area contributed by atoms with E-state index in [2.05, 4.69) is 10.3 Å². The number of aromatic carboxylic acids is 1. The van der Waals surface area contributed by atoms with Gasteiger partial charge in [0.05, 0.1) is 30.1 Å². The molecule has 1 aliphatic rings. The van der Waals surface area contributed by atoms with Gasteiger partial charge in [-0.1, -0.05) is 5.21 Å². The highest BCUT2D eigenvalue weighted by Crippen LogP contribution is 2.31. The molecule has 2 atom stereocenters. The summed E-state index contributed by atoms with van der Waals surface area (Å²) in [5.74, 6) is -0.944. The first-order valence-corrected chi connectivity index (χ1v) is 9.64. The molecule has 2 unspecified atom stereocenters. The van der Waals surface area contributed by atoms with Crippen LogP contribution in [0.25, 0.3) is 5.69 Å². The Morgan fingerprint density at radius 3 is 2.62 bits per heavy atom. The minimum atomic E-state index is -0.973. The molecule has 0 radical (unpaired) electrons. The average molecular weight is 401 g/mol. The molecule has 0 bridgehead atoms. The Balaban J connectivity index is 1.82.